The van der Waals surface area contributed by atoms with Crippen LogP contribution in [0.25, 0.3) is 0 Å². The van der Waals surface area contributed by atoms with E-state index < -0.39 is 18.9 Å². The summed E-state index contributed by atoms with van der Waals surface area (Å²) in [4.78, 5) is 2.07. The Morgan fingerprint density at radius 2 is 1.88 bits per heavy atom. The first-order valence-electron chi connectivity index (χ1n) is 8.24. The molecule has 1 saturated heterocycles. The Kier molecular flexibility index (Phi) is 5.81. The van der Waals surface area contributed by atoms with Gasteiger partial charge < -0.3 is 9.84 Å². The smallest absolute Gasteiger partial charge is 0.422 e. The highest BCUT2D eigenvalue weighted by Crippen LogP contribution is 2.35. The Hall–Kier alpha value is -1.27. The van der Waals surface area contributed by atoms with Gasteiger partial charge in [0.25, 0.3) is 0 Å². The number of aliphatic hydroxyl groups excluding tert-OH is 1. The number of alkyl halides is 3. The molecule has 1 aromatic carbocycles. The van der Waals surface area contributed by atoms with Gasteiger partial charge in [0.2, 0.25) is 0 Å². The number of aliphatic hydroxyl groups is 1. The Balaban J connectivity index is 2.00. The monoisotopic (exact) mass is 345 g/mol. The van der Waals surface area contributed by atoms with E-state index in [9.17, 15) is 18.3 Å². The van der Waals surface area contributed by atoms with E-state index in [0.29, 0.717) is 18.7 Å². The van der Waals surface area contributed by atoms with E-state index in [1.54, 1.807) is 24.3 Å². The average Bonchev–Trinajstić information content (AvgIpc) is 2.44. The van der Waals surface area contributed by atoms with E-state index in [1.165, 1.54) is 0 Å². The summed E-state index contributed by atoms with van der Waals surface area (Å²) >= 11 is 0. The van der Waals surface area contributed by atoms with Crippen LogP contribution in [0.5, 0.6) is 5.75 Å². The molecule has 6 heteroatoms. The van der Waals surface area contributed by atoms with Crippen molar-refractivity contribution < 1.29 is 23.0 Å². The maximum absolute atomic E-state index is 12.4. The highest BCUT2D eigenvalue weighted by molar-refractivity contribution is 5.33. The second-order valence-corrected chi connectivity index (χ2v) is 7.58. The van der Waals surface area contributed by atoms with Crippen LogP contribution in [0.15, 0.2) is 24.3 Å². The second-order valence-electron chi connectivity index (χ2n) is 7.58. The number of rotatable bonds is 4. The molecular formula is C18H26F3NO2. The number of halogens is 3. The third-order valence-corrected chi connectivity index (χ3v) is 4.54. The predicted octanol–water partition coefficient (Wildman–Crippen LogP) is 3.86. The van der Waals surface area contributed by atoms with Crippen molar-refractivity contribution in [3.63, 3.8) is 0 Å². The lowest BCUT2D eigenvalue weighted by Crippen LogP contribution is -2.47. The minimum atomic E-state index is -4.35. The number of ether oxygens (including phenoxy) is 1. The molecule has 0 spiro atoms. The predicted molar refractivity (Wildman–Crippen MR) is 86.8 cm³/mol. The standard InChI is InChI=1S/C18H26F3NO2/c1-17(2,3)14-8-9-22(11-15(14)23)10-13-6-4-5-7-16(13)24-12-18(19,20)21/h4-7,14-15,23H,8-12H2,1-3H3. The van der Waals surface area contributed by atoms with Crippen molar-refractivity contribution >= 4 is 0 Å². The Labute approximate surface area is 141 Å². The van der Waals surface area contributed by atoms with Gasteiger partial charge in [0.15, 0.2) is 6.61 Å². The number of para-hydroxylation sites is 1. The van der Waals surface area contributed by atoms with E-state index in [2.05, 4.69) is 25.7 Å². The fourth-order valence-corrected chi connectivity index (χ4v) is 3.33. The summed E-state index contributed by atoms with van der Waals surface area (Å²) in [5.41, 5.74) is 0.752. The van der Waals surface area contributed by atoms with Crippen molar-refractivity contribution in [2.75, 3.05) is 19.7 Å². The first-order valence-corrected chi connectivity index (χ1v) is 8.24. The normalized spacial score (nSPS) is 23.3. The molecule has 0 saturated carbocycles. The average molecular weight is 345 g/mol. The topological polar surface area (TPSA) is 32.7 Å². The number of hydrogen-bond acceptors (Lipinski definition) is 3. The minimum absolute atomic E-state index is 0.0409. The van der Waals surface area contributed by atoms with Crippen LogP contribution in [0.3, 0.4) is 0 Å². The fourth-order valence-electron chi connectivity index (χ4n) is 3.33. The Morgan fingerprint density at radius 1 is 1.21 bits per heavy atom. The number of piperidine rings is 1. The molecule has 24 heavy (non-hydrogen) atoms. The number of hydrogen-bond donors (Lipinski definition) is 1. The van der Waals surface area contributed by atoms with Gasteiger partial charge >= 0.3 is 6.18 Å². The molecule has 1 heterocycles. The third-order valence-electron chi connectivity index (χ3n) is 4.54. The number of nitrogens with zero attached hydrogens (tertiary/aromatic N) is 1. The van der Waals surface area contributed by atoms with Crippen LogP contribution in [0.4, 0.5) is 13.2 Å². The molecule has 0 aromatic heterocycles. The van der Waals surface area contributed by atoms with Gasteiger partial charge in [-0.3, -0.25) is 4.90 Å². The van der Waals surface area contributed by atoms with Gasteiger partial charge in [-0.1, -0.05) is 39.0 Å². The molecule has 1 aromatic rings. The fraction of sp³-hybridized carbons (Fsp3) is 0.667. The lowest BCUT2D eigenvalue weighted by molar-refractivity contribution is -0.153. The minimum Gasteiger partial charge on any atom is -0.484 e. The van der Waals surface area contributed by atoms with Crippen LogP contribution in [0.1, 0.15) is 32.8 Å². The van der Waals surface area contributed by atoms with Crippen molar-refractivity contribution in [1.82, 2.24) is 4.90 Å². The molecule has 2 atom stereocenters. The third kappa shape index (κ3) is 5.38. The highest BCUT2D eigenvalue weighted by Gasteiger charge is 2.35. The summed E-state index contributed by atoms with van der Waals surface area (Å²) in [6.07, 6.45) is -3.91. The van der Waals surface area contributed by atoms with E-state index in [-0.39, 0.29) is 17.1 Å². The maximum atomic E-state index is 12.4. The lowest BCUT2D eigenvalue weighted by Gasteiger charge is -2.42. The van der Waals surface area contributed by atoms with Crippen LogP contribution in [-0.4, -0.2) is 42.0 Å². The van der Waals surface area contributed by atoms with Crippen LogP contribution >= 0.6 is 0 Å². The van der Waals surface area contributed by atoms with Crippen LogP contribution in [0, 0.1) is 11.3 Å². The summed E-state index contributed by atoms with van der Waals surface area (Å²) in [6, 6.07) is 6.78. The van der Waals surface area contributed by atoms with Gasteiger partial charge in [-0.2, -0.15) is 13.2 Å². The van der Waals surface area contributed by atoms with Gasteiger partial charge in [-0.25, -0.2) is 0 Å². The van der Waals surface area contributed by atoms with E-state index in [0.717, 1.165) is 13.0 Å². The molecule has 0 aliphatic carbocycles. The molecule has 1 aliphatic heterocycles. The Bertz CT molecular complexity index is 540. The first-order chi connectivity index (χ1) is 11.1. The number of likely N-dealkylation sites (tertiary alicyclic amines) is 1. The zero-order valence-electron chi connectivity index (χ0n) is 14.4. The van der Waals surface area contributed by atoms with E-state index >= 15 is 0 Å². The van der Waals surface area contributed by atoms with Crippen molar-refractivity contribution in [1.29, 1.82) is 0 Å². The summed E-state index contributed by atoms with van der Waals surface area (Å²) in [5.74, 6) is 0.479. The van der Waals surface area contributed by atoms with Gasteiger partial charge in [0, 0.05) is 18.7 Å². The molecule has 1 aliphatic rings. The second kappa shape index (κ2) is 7.31. The molecule has 0 radical (unpaired) electrons. The number of β-amino-alcohol motifs (C(OH)–C–C–N with tert-alkyl or cyclic N) is 1. The lowest BCUT2D eigenvalue weighted by atomic mass is 9.73. The summed E-state index contributed by atoms with van der Waals surface area (Å²) < 4.78 is 42.0. The van der Waals surface area contributed by atoms with Crippen LogP contribution < -0.4 is 4.74 Å². The van der Waals surface area contributed by atoms with E-state index in [4.69, 9.17) is 4.74 Å². The quantitative estimate of drug-likeness (QED) is 0.899. The molecule has 136 valence electrons. The zero-order valence-corrected chi connectivity index (χ0v) is 14.4. The van der Waals surface area contributed by atoms with Crippen molar-refractivity contribution in [2.45, 2.75) is 46.0 Å². The van der Waals surface area contributed by atoms with Gasteiger partial charge in [-0.05, 0) is 30.4 Å². The van der Waals surface area contributed by atoms with Crippen LogP contribution in [-0.2, 0) is 6.54 Å². The highest BCUT2D eigenvalue weighted by atomic mass is 19.4. The van der Waals surface area contributed by atoms with Gasteiger partial charge in [0.05, 0.1) is 6.10 Å². The van der Waals surface area contributed by atoms with Gasteiger partial charge in [0.1, 0.15) is 5.75 Å². The molecule has 3 nitrogen and oxygen atoms in total. The molecule has 0 bridgehead atoms. The molecule has 1 N–H and O–H groups in total. The van der Waals surface area contributed by atoms with Gasteiger partial charge in [-0.15, -0.1) is 0 Å². The summed E-state index contributed by atoms with van der Waals surface area (Å²) in [6.45, 7) is 6.88. The van der Waals surface area contributed by atoms with Crippen molar-refractivity contribution in [2.24, 2.45) is 11.3 Å². The number of benzene rings is 1. The largest absolute Gasteiger partial charge is 0.484 e. The first kappa shape index (κ1) is 19.1. The summed E-state index contributed by atoms with van der Waals surface area (Å²) in [5, 5.41) is 10.4. The van der Waals surface area contributed by atoms with Crippen molar-refractivity contribution in [3.8, 4) is 5.75 Å². The van der Waals surface area contributed by atoms with Crippen LogP contribution in [0.2, 0.25) is 0 Å². The molecule has 1 fully saturated rings. The summed E-state index contributed by atoms with van der Waals surface area (Å²) in [7, 11) is 0. The van der Waals surface area contributed by atoms with E-state index in [1.807, 2.05) is 0 Å². The molecule has 0 amide bonds. The molecule has 2 rings (SSSR count). The zero-order chi connectivity index (χ0) is 18.0. The molecule has 2 unspecified atom stereocenters. The Morgan fingerprint density at radius 3 is 2.46 bits per heavy atom. The van der Waals surface area contributed by atoms with Crippen molar-refractivity contribution in [3.05, 3.63) is 29.8 Å². The SMILES string of the molecule is CC(C)(C)C1CCN(Cc2ccccc2OCC(F)(F)F)CC1O. The maximum Gasteiger partial charge on any atom is 0.422 e. The molecular weight excluding hydrogens is 319 g/mol.